The Labute approximate surface area is 166 Å². The Balaban J connectivity index is 1.59. The van der Waals surface area contributed by atoms with Gasteiger partial charge in [0.25, 0.3) is 0 Å². The van der Waals surface area contributed by atoms with E-state index in [1.807, 2.05) is 0 Å². The molecule has 27 heavy (non-hydrogen) atoms. The Bertz CT molecular complexity index is 595. The van der Waals surface area contributed by atoms with Crippen LogP contribution in [-0.4, -0.2) is 77.3 Å². The van der Waals surface area contributed by atoms with Crippen molar-refractivity contribution in [1.29, 1.82) is 0 Å². The highest BCUT2D eigenvalue weighted by Crippen LogP contribution is 2.25. The van der Waals surface area contributed by atoms with Crippen LogP contribution in [0.3, 0.4) is 0 Å². The highest BCUT2D eigenvalue weighted by Gasteiger charge is 2.33. The number of hydrogen-bond donors (Lipinski definition) is 1. The summed E-state index contributed by atoms with van der Waals surface area (Å²) in [5, 5.41) is 9.64. The van der Waals surface area contributed by atoms with E-state index >= 15 is 0 Å². The topological polar surface area (TPSA) is 30.0 Å². The number of benzene rings is 1. The van der Waals surface area contributed by atoms with Gasteiger partial charge in [0, 0.05) is 50.9 Å². The molecule has 1 atom stereocenters. The van der Waals surface area contributed by atoms with Gasteiger partial charge in [-0.25, -0.2) is 0 Å². The fourth-order valence-corrected chi connectivity index (χ4v) is 4.86. The predicted molar refractivity (Wildman–Crippen MR) is 113 cm³/mol. The number of rotatable bonds is 6. The Morgan fingerprint density at radius 1 is 1.04 bits per heavy atom. The van der Waals surface area contributed by atoms with E-state index in [9.17, 15) is 5.11 Å². The molecular weight excluding hydrogens is 334 g/mol. The molecule has 4 heteroatoms. The van der Waals surface area contributed by atoms with E-state index in [4.69, 9.17) is 0 Å². The fourth-order valence-electron chi connectivity index (χ4n) is 4.86. The zero-order chi connectivity index (χ0) is 19.4. The largest absolute Gasteiger partial charge is 0.396 e. The van der Waals surface area contributed by atoms with E-state index in [2.05, 4.69) is 60.6 Å². The summed E-state index contributed by atoms with van der Waals surface area (Å²) in [4.78, 5) is 7.92. The van der Waals surface area contributed by atoms with Crippen molar-refractivity contribution in [2.75, 3.05) is 39.3 Å². The number of hydrogen-bond acceptors (Lipinski definition) is 4. The van der Waals surface area contributed by atoms with Crippen LogP contribution in [-0.2, 0) is 6.54 Å². The Morgan fingerprint density at radius 2 is 1.78 bits per heavy atom. The van der Waals surface area contributed by atoms with E-state index in [1.165, 1.54) is 42.6 Å². The summed E-state index contributed by atoms with van der Waals surface area (Å²) in [6, 6.07) is 8.70. The van der Waals surface area contributed by atoms with Crippen molar-refractivity contribution in [1.82, 2.24) is 14.7 Å². The van der Waals surface area contributed by atoms with Crippen LogP contribution in [0.15, 0.2) is 18.2 Å². The standard InChI is InChI=1S/C23H39N3O/c1-18(2)25-10-7-22(8-11-25)26-13-12-24(17-23(26)9-14-27)16-21-6-5-19(3)20(4)15-21/h5-6,15,18,22-23,27H,7-14,16-17H2,1-4H3/t23-/m1/s1. The molecule has 2 aliphatic rings. The Morgan fingerprint density at radius 3 is 2.41 bits per heavy atom. The summed E-state index contributed by atoms with van der Waals surface area (Å²) >= 11 is 0. The molecule has 0 unspecified atom stereocenters. The molecule has 1 aromatic carbocycles. The SMILES string of the molecule is Cc1ccc(CN2CCN(C3CCN(C(C)C)CC3)[C@H](CCO)C2)cc1C. The molecule has 2 saturated heterocycles. The maximum absolute atomic E-state index is 9.64. The summed E-state index contributed by atoms with van der Waals surface area (Å²) in [5.74, 6) is 0. The molecule has 1 N–H and O–H groups in total. The molecule has 1 aromatic rings. The van der Waals surface area contributed by atoms with Crippen LogP contribution in [0.4, 0.5) is 0 Å². The molecule has 0 radical (unpaired) electrons. The highest BCUT2D eigenvalue weighted by molar-refractivity contribution is 5.29. The third kappa shape index (κ3) is 5.32. The van der Waals surface area contributed by atoms with Crippen molar-refractivity contribution in [3.8, 4) is 0 Å². The lowest BCUT2D eigenvalue weighted by molar-refractivity contribution is -0.0000326. The van der Waals surface area contributed by atoms with Gasteiger partial charge in [0.1, 0.15) is 0 Å². The first kappa shape index (κ1) is 20.8. The van der Waals surface area contributed by atoms with Crippen molar-refractivity contribution < 1.29 is 5.11 Å². The molecule has 0 aliphatic carbocycles. The second kappa shape index (κ2) is 9.51. The molecule has 152 valence electrons. The molecular formula is C23H39N3O. The number of aliphatic hydroxyl groups excluding tert-OH is 1. The van der Waals surface area contributed by atoms with Crippen LogP contribution >= 0.6 is 0 Å². The molecule has 2 heterocycles. The summed E-state index contributed by atoms with van der Waals surface area (Å²) in [6.45, 7) is 16.1. The second-order valence-corrected chi connectivity index (χ2v) is 8.92. The van der Waals surface area contributed by atoms with Gasteiger partial charge >= 0.3 is 0 Å². The normalized spacial score (nSPS) is 24.0. The third-order valence-electron chi connectivity index (χ3n) is 6.75. The minimum Gasteiger partial charge on any atom is -0.396 e. The molecule has 0 aromatic heterocycles. The van der Waals surface area contributed by atoms with Crippen LogP contribution < -0.4 is 0 Å². The Kier molecular flexibility index (Phi) is 7.32. The first-order chi connectivity index (χ1) is 13.0. The number of likely N-dealkylation sites (tertiary alicyclic amines) is 1. The molecule has 2 aliphatic heterocycles. The zero-order valence-electron chi connectivity index (χ0n) is 17.8. The lowest BCUT2D eigenvalue weighted by atomic mass is 9.97. The minimum absolute atomic E-state index is 0.295. The van der Waals surface area contributed by atoms with E-state index in [0.717, 1.165) is 32.6 Å². The fraction of sp³-hybridized carbons (Fsp3) is 0.739. The summed E-state index contributed by atoms with van der Waals surface area (Å²) in [5.41, 5.74) is 4.17. The van der Waals surface area contributed by atoms with E-state index in [-0.39, 0.29) is 0 Å². The van der Waals surface area contributed by atoms with Crippen LogP contribution in [0.25, 0.3) is 0 Å². The summed E-state index contributed by atoms with van der Waals surface area (Å²) < 4.78 is 0. The van der Waals surface area contributed by atoms with Gasteiger partial charge in [0.15, 0.2) is 0 Å². The van der Waals surface area contributed by atoms with Gasteiger partial charge in [-0.05, 0) is 76.7 Å². The quantitative estimate of drug-likeness (QED) is 0.830. The van der Waals surface area contributed by atoms with Crippen LogP contribution in [0.5, 0.6) is 0 Å². The molecule has 0 saturated carbocycles. The number of aliphatic hydroxyl groups is 1. The average molecular weight is 374 g/mol. The molecule has 3 rings (SSSR count). The number of aryl methyl sites for hydroxylation is 2. The van der Waals surface area contributed by atoms with Gasteiger partial charge in [-0.3, -0.25) is 9.80 Å². The Hall–Kier alpha value is -0.940. The van der Waals surface area contributed by atoms with Crippen molar-refractivity contribution in [2.24, 2.45) is 0 Å². The monoisotopic (exact) mass is 373 g/mol. The summed E-state index contributed by atoms with van der Waals surface area (Å²) in [6.07, 6.45) is 3.45. The third-order valence-corrected chi connectivity index (χ3v) is 6.75. The van der Waals surface area contributed by atoms with Gasteiger partial charge in [-0.2, -0.15) is 0 Å². The van der Waals surface area contributed by atoms with Gasteiger partial charge in [-0.1, -0.05) is 18.2 Å². The highest BCUT2D eigenvalue weighted by atomic mass is 16.3. The lowest BCUT2D eigenvalue weighted by Gasteiger charge is -2.48. The molecule has 2 fully saturated rings. The molecule has 0 bridgehead atoms. The van der Waals surface area contributed by atoms with E-state index in [0.29, 0.717) is 24.7 Å². The van der Waals surface area contributed by atoms with Crippen molar-refractivity contribution >= 4 is 0 Å². The number of piperidine rings is 1. The van der Waals surface area contributed by atoms with Crippen LogP contribution in [0.1, 0.15) is 49.8 Å². The summed E-state index contributed by atoms with van der Waals surface area (Å²) in [7, 11) is 0. The van der Waals surface area contributed by atoms with Crippen LogP contribution in [0, 0.1) is 13.8 Å². The van der Waals surface area contributed by atoms with Crippen molar-refractivity contribution in [3.05, 3.63) is 34.9 Å². The molecule has 0 amide bonds. The second-order valence-electron chi connectivity index (χ2n) is 8.92. The van der Waals surface area contributed by atoms with E-state index < -0.39 is 0 Å². The van der Waals surface area contributed by atoms with Gasteiger partial charge in [0.05, 0.1) is 0 Å². The average Bonchev–Trinajstić information content (AvgIpc) is 2.65. The molecule has 4 nitrogen and oxygen atoms in total. The first-order valence-corrected chi connectivity index (χ1v) is 10.9. The minimum atomic E-state index is 0.295. The predicted octanol–water partition coefficient (Wildman–Crippen LogP) is 3.04. The maximum atomic E-state index is 9.64. The molecule has 0 spiro atoms. The zero-order valence-corrected chi connectivity index (χ0v) is 17.8. The number of nitrogens with zero attached hydrogens (tertiary/aromatic N) is 3. The first-order valence-electron chi connectivity index (χ1n) is 10.9. The lowest BCUT2D eigenvalue weighted by Crippen LogP contribution is -2.58. The maximum Gasteiger partial charge on any atom is 0.0446 e. The van der Waals surface area contributed by atoms with E-state index in [1.54, 1.807) is 0 Å². The van der Waals surface area contributed by atoms with Crippen molar-refractivity contribution in [3.63, 3.8) is 0 Å². The van der Waals surface area contributed by atoms with Gasteiger partial charge in [0.2, 0.25) is 0 Å². The smallest absolute Gasteiger partial charge is 0.0446 e. The number of piperazine rings is 1. The van der Waals surface area contributed by atoms with Crippen LogP contribution in [0.2, 0.25) is 0 Å². The van der Waals surface area contributed by atoms with Gasteiger partial charge in [-0.15, -0.1) is 0 Å². The van der Waals surface area contributed by atoms with Gasteiger partial charge < -0.3 is 10.0 Å². The van der Waals surface area contributed by atoms with Crippen molar-refractivity contribution in [2.45, 2.75) is 71.6 Å².